The quantitative estimate of drug-likeness (QED) is 0.168. The Morgan fingerprint density at radius 2 is 1.77 bits per heavy atom. The third-order valence-corrected chi connectivity index (χ3v) is 8.80. The van der Waals surface area contributed by atoms with Crippen LogP contribution in [0.1, 0.15) is 59.9 Å². The normalized spacial score (nSPS) is 13.9. The number of pyridine rings is 1. The first-order chi connectivity index (χ1) is 19.3. The average Bonchev–Trinajstić information content (AvgIpc) is 2.94. The summed E-state index contributed by atoms with van der Waals surface area (Å²) in [5, 5.41) is 21.4. The molecule has 0 radical (unpaired) electrons. The number of aliphatic carboxylic acids is 1. The lowest BCUT2D eigenvalue weighted by Crippen LogP contribution is -2.16. The molecule has 0 spiro atoms. The Kier molecular flexibility index (Phi) is 10.8. The number of hydrogen-bond acceptors (Lipinski definition) is 4. The predicted molar refractivity (Wildman–Crippen MR) is 169 cm³/mol. The van der Waals surface area contributed by atoms with Gasteiger partial charge in [0.05, 0.1) is 23.2 Å². The first-order valence-corrected chi connectivity index (χ1v) is 15.2. The van der Waals surface area contributed by atoms with Crippen molar-refractivity contribution in [3.8, 4) is 0 Å². The van der Waals surface area contributed by atoms with E-state index in [0.717, 1.165) is 35.0 Å². The zero-order valence-electron chi connectivity index (χ0n) is 23.0. The van der Waals surface area contributed by atoms with Gasteiger partial charge in [0.15, 0.2) is 0 Å². The second kappa shape index (κ2) is 14.5. The maximum Gasteiger partial charge on any atom is 0.307 e. The number of thioether (sulfide) groups is 1. The molecule has 0 saturated heterocycles. The molecule has 40 heavy (non-hydrogen) atoms. The molecule has 6 heteroatoms. The van der Waals surface area contributed by atoms with Gasteiger partial charge in [-0.05, 0) is 79.1 Å². The van der Waals surface area contributed by atoms with Crippen LogP contribution in [0.25, 0.3) is 23.1 Å². The van der Waals surface area contributed by atoms with Crippen LogP contribution >= 0.6 is 23.4 Å². The molecule has 4 nitrogen and oxygen atoms in total. The third kappa shape index (κ3) is 8.44. The first-order valence-electron chi connectivity index (χ1n) is 13.8. The molecule has 0 aliphatic rings. The number of rotatable bonds is 13. The number of hydrogen-bond donors (Lipinski definition) is 2. The molecule has 0 saturated carbocycles. The van der Waals surface area contributed by atoms with Crippen molar-refractivity contribution in [3.05, 3.63) is 112 Å². The minimum Gasteiger partial charge on any atom is -0.481 e. The average molecular weight is 574 g/mol. The van der Waals surface area contributed by atoms with E-state index in [1.165, 1.54) is 16.7 Å². The number of aryl methyl sites for hydroxylation is 1. The zero-order valence-corrected chi connectivity index (χ0v) is 24.5. The Morgan fingerprint density at radius 1 is 1.00 bits per heavy atom. The van der Waals surface area contributed by atoms with Gasteiger partial charge in [0.25, 0.3) is 0 Å². The molecule has 4 aromatic rings. The number of benzene rings is 3. The number of carboxylic acids is 1. The van der Waals surface area contributed by atoms with Gasteiger partial charge in [0, 0.05) is 21.4 Å². The highest BCUT2D eigenvalue weighted by Crippen LogP contribution is 2.36. The van der Waals surface area contributed by atoms with Gasteiger partial charge < -0.3 is 10.2 Å². The summed E-state index contributed by atoms with van der Waals surface area (Å²) >= 11 is 7.88. The van der Waals surface area contributed by atoms with Crippen LogP contribution in [0.5, 0.6) is 0 Å². The Morgan fingerprint density at radius 3 is 2.52 bits per heavy atom. The lowest BCUT2D eigenvalue weighted by atomic mass is 9.96. The molecule has 208 valence electrons. The molecule has 1 heterocycles. The maximum absolute atomic E-state index is 11.7. The van der Waals surface area contributed by atoms with E-state index in [2.05, 4.69) is 42.5 Å². The van der Waals surface area contributed by atoms with Crippen LogP contribution in [0.4, 0.5) is 0 Å². The summed E-state index contributed by atoms with van der Waals surface area (Å²) in [7, 11) is 0. The lowest BCUT2D eigenvalue weighted by Gasteiger charge is -2.21. The lowest BCUT2D eigenvalue weighted by molar-refractivity contribution is -0.140. The minimum atomic E-state index is -0.739. The van der Waals surface area contributed by atoms with Crippen LogP contribution in [0.3, 0.4) is 0 Å². The molecule has 0 aliphatic heterocycles. The first kappa shape index (κ1) is 29.9. The van der Waals surface area contributed by atoms with E-state index >= 15 is 0 Å². The molecule has 0 aliphatic carbocycles. The summed E-state index contributed by atoms with van der Waals surface area (Å²) in [6.07, 6.45) is 6.63. The van der Waals surface area contributed by atoms with E-state index in [0.29, 0.717) is 23.6 Å². The molecule has 3 unspecified atom stereocenters. The minimum absolute atomic E-state index is 0.141. The number of aromatic nitrogens is 1. The van der Waals surface area contributed by atoms with E-state index in [9.17, 15) is 15.0 Å². The van der Waals surface area contributed by atoms with Gasteiger partial charge in [0.1, 0.15) is 0 Å². The fourth-order valence-electron chi connectivity index (χ4n) is 4.79. The summed E-state index contributed by atoms with van der Waals surface area (Å²) in [6.45, 7) is 3.74. The van der Waals surface area contributed by atoms with Gasteiger partial charge in [-0.15, -0.1) is 0 Å². The van der Waals surface area contributed by atoms with Crippen molar-refractivity contribution in [1.82, 2.24) is 4.98 Å². The van der Waals surface area contributed by atoms with Crippen molar-refractivity contribution >= 4 is 52.4 Å². The molecule has 3 aromatic carbocycles. The van der Waals surface area contributed by atoms with Gasteiger partial charge in [-0.1, -0.05) is 85.3 Å². The van der Waals surface area contributed by atoms with Crippen LogP contribution in [0.15, 0.2) is 78.9 Å². The summed E-state index contributed by atoms with van der Waals surface area (Å²) < 4.78 is 0. The second-order valence-electron chi connectivity index (χ2n) is 10.2. The van der Waals surface area contributed by atoms with Crippen LogP contribution in [-0.4, -0.2) is 33.0 Å². The van der Waals surface area contributed by atoms with Crippen molar-refractivity contribution in [2.75, 3.05) is 5.75 Å². The number of carboxylic acid groups (broad SMARTS) is 1. The highest BCUT2D eigenvalue weighted by Gasteiger charge is 2.20. The molecular weight excluding hydrogens is 538 g/mol. The molecule has 3 atom stereocenters. The zero-order chi connectivity index (χ0) is 28.5. The van der Waals surface area contributed by atoms with E-state index < -0.39 is 12.1 Å². The van der Waals surface area contributed by atoms with Crippen LogP contribution in [0, 0.1) is 5.92 Å². The topological polar surface area (TPSA) is 70.4 Å². The maximum atomic E-state index is 11.7. The predicted octanol–water partition coefficient (Wildman–Crippen LogP) is 8.50. The van der Waals surface area contributed by atoms with Crippen molar-refractivity contribution in [2.45, 2.75) is 50.9 Å². The summed E-state index contributed by atoms with van der Waals surface area (Å²) in [6, 6.07) is 26.5. The van der Waals surface area contributed by atoms with Gasteiger partial charge in [-0.3, -0.25) is 4.79 Å². The van der Waals surface area contributed by atoms with Crippen molar-refractivity contribution < 1.29 is 15.0 Å². The number of aliphatic hydroxyl groups excluding tert-OH is 1. The van der Waals surface area contributed by atoms with E-state index in [1.54, 1.807) is 11.8 Å². The summed E-state index contributed by atoms with van der Waals surface area (Å²) in [5.74, 6) is -0.544. The number of carbonyl (C=O) groups is 1. The molecule has 0 fully saturated rings. The SMILES string of the molecule is CCC(CSC(CCc1ccccc1CC(C)O)c1cccc(C=Cc2ccc3ccc(Cl)cc3n2)c1)C(=O)O. The Labute approximate surface area is 246 Å². The number of fused-ring (bicyclic) bond motifs is 1. The van der Waals surface area contributed by atoms with E-state index in [-0.39, 0.29) is 11.2 Å². The molecule has 2 N–H and O–H groups in total. The smallest absolute Gasteiger partial charge is 0.307 e. The van der Waals surface area contributed by atoms with Gasteiger partial charge in [-0.2, -0.15) is 11.8 Å². The van der Waals surface area contributed by atoms with Crippen molar-refractivity contribution in [3.63, 3.8) is 0 Å². The van der Waals surface area contributed by atoms with Gasteiger partial charge in [0.2, 0.25) is 0 Å². The fraction of sp³-hybridized carbons (Fsp3) is 0.294. The van der Waals surface area contributed by atoms with Crippen LogP contribution in [-0.2, 0) is 17.6 Å². The van der Waals surface area contributed by atoms with Crippen LogP contribution < -0.4 is 0 Å². The van der Waals surface area contributed by atoms with Crippen molar-refractivity contribution in [1.29, 1.82) is 0 Å². The van der Waals surface area contributed by atoms with E-state index in [4.69, 9.17) is 16.6 Å². The molecule has 0 amide bonds. The Bertz CT molecular complexity index is 1470. The Hall–Kier alpha value is -3.12. The molecule has 4 rings (SSSR count). The fourth-order valence-corrected chi connectivity index (χ4v) is 6.42. The monoisotopic (exact) mass is 573 g/mol. The largest absolute Gasteiger partial charge is 0.481 e. The van der Waals surface area contributed by atoms with Gasteiger partial charge in [-0.25, -0.2) is 4.98 Å². The number of aliphatic hydroxyl groups is 1. The van der Waals surface area contributed by atoms with E-state index in [1.807, 2.05) is 62.4 Å². The summed E-state index contributed by atoms with van der Waals surface area (Å²) in [4.78, 5) is 16.4. The highest BCUT2D eigenvalue weighted by molar-refractivity contribution is 7.99. The molecular formula is C34H36ClNO3S. The third-order valence-electron chi connectivity index (χ3n) is 7.05. The molecule has 1 aromatic heterocycles. The number of halogens is 1. The second-order valence-corrected chi connectivity index (χ2v) is 11.9. The summed E-state index contributed by atoms with van der Waals surface area (Å²) in [5.41, 5.74) is 6.36. The van der Waals surface area contributed by atoms with Crippen LogP contribution in [0.2, 0.25) is 5.02 Å². The van der Waals surface area contributed by atoms with Gasteiger partial charge >= 0.3 is 5.97 Å². The van der Waals surface area contributed by atoms with Crippen molar-refractivity contribution in [2.24, 2.45) is 5.92 Å². The standard InChI is InChI=1S/C34H36ClNO3S/c1-3-25(34(38)39)22-40-33(18-14-26-8-4-5-9-28(26)19-23(2)37)29-10-6-7-24(20-29)11-16-31-17-13-27-12-15-30(35)21-32(27)36-31/h4-13,15-17,20-21,23,25,33,37H,3,14,18-19,22H2,1-2H3,(H,38,39). The molecule has 0 bridgehead atoms. The Balaban J connectivity index is 1.55. The highest BCUT2D eigenvalue weighted by atomic mass is 35.5. The number of nitrogens with zero attached hydrogens (tertiary/aromatic N) is 1.